The quantitative estimate of drug-likeness (QED) is 0.561. The van der Waals surface area contributed by atoms with Gasteiger partial charge >= 0.3 is 0 Å². The van der Waals surface area contributed by atoms with Gasteiger partial charge in [-0.1, -0.05) is 45.7 Å². The second-order valence-corrected chi connectivity index (χ2v) is 6.04. The van der Waals surface area contributed by atoms with E-state index in [0.29, 0.717) is 0 Å². The molecule has 0 bridgehead atoms. The Labute approximate surface area is 123 Å². The number of thiazole rings is 1. The van der Waals surface area contributed by atoms with Crippen molar-refractivity contribution in [3.63, 3.8) is 0 Å². The Bertz CT molecular complexity index is 691. The average Bonchev–Trinajstić information content (AvgIpc) is 2.81. The van der Waals surface area contributed by atoms with Gasteiger partial charge in [-0.3, -0.25) is 0 Å². The Hall–Kier alpha value is -0.900. The van der Waals surface area contributed by atoms with Gasteiger partial charge < -0.3 is 0 Å². The molecule has 4 heteroatoms. The van der Waals surface area contributed by atoms with E-state index in [2.05, 4.69) is 39.1 Å². The second-order valence-electron chi connectivity index (χ2n) is 3.93. The molecule has 0 unspecified atom stereocenters. The first-order chi connectivity index (χ1) is 8.76. The maximum Gasteiger partial charge on any atom is 0.104 e. The first-order valence-corrected chi connectivity index (χ1v) is 7.79. The van der Waals surface area contributed by atoms with Crippen molar-refractivity contribution < 1.29 is 0 Å². The Morgan fingerprint density at radius 3 is 2.50 bits per heavy atom. The molecule has 1 heterocycles. The van der Waals surface area contributed by atoms with Crippen molar-refractivity contribution in [2.24, 2.45) is 0 Å². The molecule has 1 nitrogen and oxygen atoms in total. The number of benzene rings is 2. The fourth-order valence-corrected chi connectivity index (χ4v) is 3.25. The molecule has 0 spiro atoms. The van der Waals surface area contributed by atoms with Gasteiger partial charge in [-0.15, -0.1) is 11.3 Å². The molecule has 2 aromatic carbocycles. The summed E-state index contributed by atoms with van der Waals surface area (Å²) in [6, 6.07) is 14.3. The van der Waals surface area contributed by atoms with Crippen molar-refractivity contribution in [2.45, 2.75) is 5.33 Å². The van der Waals surface area contributed by atoms with Crippen LogP contribution >= 0.6 is 38.9 Å². The fraction of sp³-hybridized carbons (Fsp3) is 0.0714. The number of rotatable bonds is 2. The molecule has 0 saturated heterocycles. The summed E-state index contributed by atoms with van der Waals surface area (Å²) < 4.78 is 1.22. The Kier molecular flexibility index (Phi) is 3.37. The number of fused-ring (bicyclic) bond motifs is 1. The maximum atomic E-state index is 5.90. The summed E-state index contributed by atoms with van der Waals surface area (Å²) in [5, 5.41) is 2.68. The summed E-state index contributed by atoms with van der Waals surface area (Å²) in [6.07, 6.45) is 0. The van der Waals surface area contributed by atoms with Crippen LogP contribution in [0.15, 0.2) is 42.5 Å². The summed E-state index contributed by atoms with van der Waals surface area (Å²) in [7, 11) is 0. The van der Waals surface area contributed by atoms with Crippen LogP contribution in [0.1, 0.15) is 5.01 Å². The van der Waals surface area contributed by atoms with Gasteiger partial charge in [-0.2, -0.15) is 0 Å². The van der Waals surface area contributed by atoms with E-state index in [1.54, 1.807) is 11.3 Å². The lowest BCUT2D eigenvalue weighted by Gasteiger charge is -2.01. The summed E-state index contributed by atoms with van der Waals surface area (Å²) in [4.78, 5) is 4.58. The second kappa shape index (κ2) is 5.00. The van der Waals surface area contributed by atoms with Crippen LogP contribution in [0.4, 0.5) is 0 Å². The highest BCUT2D eigenvalue weighted by atomic mass is 79.9. The molecule has 0 aliphatic heterocycles. The van der Waals surface area contributed by atoms with Crippen molar-refractivity contribution >= 4 is 49.1 Å². The first kappa shape index (κ1) is 12.2. The third-order valence-electron chi connectivity index (χ3n) is 2.72. The van der Waals surface area contributed by atoms with E-state index in [1.807, 2.05) is 24.3 Å². The molecule has 0 amide bonds. The number of halogens is 2. The van der Waals surface area contributed by atoms with E-state index in [1.165, 1.54) is 10.3 Å². The number of hydrogen-bond donors (Lipinski definition) is 0. The normalized spacial score (nSPS) is 11.0. The largest absolute Gasteiger partial charge is 0.240 e. The molecule has 0 fully saturated rings. The van der Waals surface area contributed by atoms with Crippen LogP contribution in [-0.4, -0.2) is 4.98 Å². The smallest absolute Gasteiger partial charge is 0.104 e. The zero-order valence-corrected chi connectivity index (χ0v) is 12.5. The molecule has 0 atom stereocenters. The van der Waals surface area contributed by atoms with E-state index in [9.17, 15) is 0 Å². The van der Waals surface area contributed by atoms with Gasteiger partial charge in [0, 0.05) is 5.02 Å². The Morgan fingerprint density at radius 1 is 1.06 bits per heavy atom. The molecule has 3 rings (SSSR count). The van der Waals surface area contributed by atoms with Crippen molar-refractivity contribution in [3.8, 4) is 11.1 Å². The van der Waals surface area contributed by atoms with Crippen molar-refractivity contribution in [1.29, 1.82) is 0 Å². The molecule has 3 aromatic rings. The molecule has 0 N–H and O–H groups in total. The van der Waals surface area contributed by atoms with E-state index in [4.69, 9.17) is 11.6 Å². The van der Waals surface area contributed by atoms with Crippen LogP contribution in [0, 0.1) is 0 Å². The molecule has 0 aliphatic carbocycles. The molecule has 1 aromatic heterocycles. The zero-order valence-electron chi connectivity index (χ0n) is 9.36. The first-order valence-electron chi connectivity index (χ1n) is 5.47. The SMILES string of the molecule is Clc1ccc(-c2ccc3sc(CBr)nc3c2)cc1. The summed E-state index contributed by atoms with van der Waals surface area (Å²) in [6.45, 7) is 0. The summed E-state index contributed by atoms with van der Waals surface area (Å²) in [5.41, 5.74) is 3.39. The fourth-order valence-electron chi connectivity index (χ4n) is 1.85. The molecule has 90 valence electrons. The van der Waals surface area contributed by atoms with E-state index >= 15 is 0 Å². The lowest BCUT2D eigenvalue weighted by molar-refractivity contribution is 1.32. The predicted molar refractivity (Wildman–Crippen MR) is 82.7 cm³/mol. The van der Waals surface area contributed by atoms with Crippen LogP contribution in [0.25, 0.3) is 21.3 Å². The van der Waals surface area contributed by atoms with Crippen LogP contribution in [0.5, 0.6) is 0 Å². The third-order valence-corrected chi connectivity index (χ3v) is 4.91. The predicted octanol–water partition coefficient (Wildman–Crippen LogP) is 5.51. The Balaban J connectivity index is 2.09. The van der Waals surface area contributed by atoms with Gasteiger partial charge in [0.25, 0.3) is 0 Å². The highest BCUT2D eigenvalue weighted by Gasteiger charge is 2.05. The topological polar surface area (TPSA) is 12.9 Å². The third kappa shape index (κ3) is 2.30. The van der Waals surface area contributed by atoms with Crippen LogP contribution < -0.4 is 0 Å². The highest BCUT2D eigenvalue weighted by Crippen LogP contribution is 2.29. The van der Waals surface area contributed by atoms with E-state index in [0.717, 1.165) is 26.4 Å². The highest BCUT2D eigenvalue weighted by molar-refractivity contribution is 9.08. The standard InChI is InChI=1S/C14H9BrClNS/c15-8-14-17-12-7-10(3-6-13(12)18-14)9-1-4-11(16)5-2-9/h1-7H,8H2. The van der Waals surface area contributed by atoms with E-state index < -0.39 is 0 Å². The Morgan fingerprint density at radius 2 is 1.78 bits per heavy atom. The van der Waals surface area contributed by atoms with Crippen LogP contribution in [-0.2, 0) is 5.33 Å². The van der Waals surface area contributed by atoms with Crippen molar-refractivity contribution in [3.05, 3.63) is 52.5 Å². The molecular formula is C14H9BrClNS. The van der Waals surface area contributed by atoms with Crippen LogP contribution in [0.2, 0.25) is 5.02 Å². The summed E-state index contributed by atoms with van der Waals surface area (Å²) in [5.74, 6) is 0. The van der Waals surface area contributed by atoms with Gasteiger partial charge in [0.1, 0.15) is 5.01 Å². The van der Waals surface area contributed by atoms with Crippen molar-refractivity contribution in [1.82, 2.24) is 4.98 Å². The van der Waals surface area contributed by atoms with E-state index in [-0.39, 0.29) is 0 Å². The van der Waals surface area contributed by atoms with Gasteiger partial charge in [0.15, 0.2) is 0 Å². The van der Waals surface area contributed by atoms with Gasteiger partial charge in [0.2, 0.25) is 0 Å². The number of hydrogen-bond acceptors (Lipinski definition) is 2. The lowest BCUT2D eigenvalue weighted by atomic mass is 10.1. The zero-order chi connectivity index (χ0) is 12.5. The number of alkyl halides is 1. The molecule has 0 saturated carbocycles. The van der Waals surface area contributed by atoms with Gasteiger partial charge in [-0.05, 0) is 35.4 Å². The maximum absolute atomic E-state index is 5.90. The van der Waals surface area contributed by atoms with Gasteiger partial charge in [-0.25, -0.2) is 4.98 Å². The minimum Gasteiger partial charge on any atom is -0.240 e. The minimum atomic E-state index is 0.759. The van der Waals surface area contributed by atoms with Crippen molar-refractivity contribution in [2.75, 3.05) is 0 Å². The van der Waals surface area contributed by atoms with Crippen LogP contribution in [0.3, 0.4) is 0 Å². The lowest BCUT2D eigenvalue weighted by Crippen LogP contribution is -1.78. The number of aromatic nitrogens is 1. The molecular weight excluding hydrogens is 330 g/mol. The average molecular weight is 339 g/mol. The van der Waals surface area contributed by atoms with Gasteiger partial charge in [0.05, 0.1) is 15.5 Å². The molecule has 0 aliphatic rings. The molecule has 18 heavy (non-hydrogen) atoms. The summed E-state index contributed by atoms with van der Waals surface area (Å²) >= 11 is 11.1. The minimum absolute atomic E-state index is 0.759. The molecule has 0 radical (unpaired) electrons. The number of nitrogens with zero attached hydrogens (tertiary/aromatic N) is 1. The monoisotopic (exact) mass is 337 g/mol.